The minimum atomic E-state index is -0.209. The zero-order valence-corrected chi connectivity index (χ0v) is 11.0. The number of nitrogens with one attached hydrogen (secondary N) is 1. The van der Waals surface area contributed by atoms with Crippen LogP contribution in [-0.2, 0) is 9.53 Å². The van der Waals surface area contributed by atoms with E-state index in [1.165, 1.54) is 12.8 Å². The summed E-state index contributed by atoms with van der Waals surface area (Å²) in [6.07, 6.45) is 7.38. The Morgan fingerprint density at radius 3 is 2.82 bits per heavy atom. The third-order valence-corrected chi connectivity index (χ3v) is 4.15. The number of alkyl halides is 1. The molecule has 4 heteroatoms. The summed E-state index contributed by atoms with van der Waals surface area (Å²) < 4.78 is 5.46. The molecule has 1 aliphatic carbocycles. The number of halogens is 1. The molecule has 1 saturated heterocycles. The molecule has 0 spiro atoms. The Bertz CT molecular complexity index is 254. The van der Waals surface area contributed by atoms with Gasteiger partial charge in [0, 0.05) is 18.5 Å². The van der Waals surface area contributed by atoms with Crippen LogP contribution >= 0.6 is 11.6 Å². The van der Waals surface area contributed by atoms with Crippen molar-refractivity contribution in [1.82, 2.24) is 5.32 Å². The molecule has 3 nitrogen and oxygen atoms in total. The molecular weight excluding hydrogens is 238 g/mol. The van der Waals surface area contributed by atoms with E-state index in [-0.39, 0.29) is 12.0 Å². The van der Waals surface area contributed by atoms with Crippen LogP contribution in [0.5, 0.6) is 0 Å². The molecule has 98 valence electrons. The van der Waals surface area contributed by atoms with Gasteiger partial charge >= 0.3 is 0 Å². The van der Waals surface area contributed by atoms with Gasteiger partial charge in [-0.3, -0.25) is 4.79 Å². The highest BCUT2D eigenvalue weighted by atomic mass is 35.5. The van der Waals surface area contributed by atoms with Crippen LogP contribution in [0.2, 0.25) is 0 Å². The fraction of sp³-hybridized carbons (Fsp3) is 0.923. The lowest BCUT2D eigenvalue weighted by molar-refractivity contribution is -0.135. The van der Waals surface area contributed by atoms with Crippen molar-refractivity contribution in [3.63, 3.8) is 0 Å². The van der Waals surface area contributed by atoms with E-state index in [0.717, 1.165) is 45.3 Å². The molecule has 17 heavy (non-hydrogen) atoms. The Balaban J connectivity index is 1.68. The summed E-state index contributed by atoms with van der Waals surface area (Å²) in [5.74, 6) is 0.625. The zero-order chi connectivity index (χ0) is 12.1. The number of ether oxygens (including phenoxy) is 1. The molecule has 2 fully saturated rings. The van der Waals surface area contributed by atoms with Crippen molar-refractivity contribution in [3.8, 4) is 0 Å². The lowest BCUT2D eigenvalue weighted by atomic mass is 9.89. The molecule has 2 rings (SSSR count). The average Bonchev–Trinajstić information content (AvgIpc) is 2.37. The standard InChI is InChI=1S/C13H22ClNO2/c14-11-5-3-4-10(8-11)9-15-13(16)12-6-1-2-7-17-12/h10-12H,1-9H2,(H,15,16). The van der Waals surface area contributed by atoms with E-state index < -0.39 is 0 Å². The highest BCUT2D eigenvalue weighted by Crippen LogP contribution is 2.27. The van der Waals surface area contributed by atoms with Crippen molar-refractivity contribution < 1.29 is 9.53 Å². The Morgan fingerprint density at radius 2 is 2.12 bits per heavy atom. The van der Waals surface area contributed by atoms with Crippen molar-refractivity contribution in [2.45, 2.75) is 56.4 Å². The minimum absolute atomic E-state index is 0.0707. The second-order valence-corrected chi connectivity index (χ2v) is 5.85. The minimum Gasteiger partial charge on any atom is -0.368 e. The molecule has 3 atom stereocenters. The zero-order valence-electron chi connectivity index (χ0n) is 10.3. The van der Waals surface area contributed by atoms with E-state index in [1.807, 2.05) is 0 Å². The first-order chi connectivity index (χ1) is 8.25. The van der Waals surface area contributed by atoms with E-state index in [1.54, 1.807) is 0 Å². The van der Waals surface area contributed by atoms with Crippen LogP contribution in [0.25, 0.3) is 0 Å². The van der Waals surface area contributed by atoms with Gasteiger partial charge in [-0.15, -0.1) is 11.6 Å². The maximum atomic E-state index is 11.9. The van der Waals surface area contributed by atoms with Gasteiger partial charge in [0.15, 0.2) is 0 Å². The van der Waals surface area contributed by atoms with Crippen molar-refractivity contribution >= 4 is 17.5 Å². The molecule has 1 amide bonds. The number of hydrogen-bond acceptors (Lipinski definition) is 2. The SMILES string of the molecule is O=C(NCC1CCCC(Cl)C1)C1CCCCO1. The van der Waals surface area contributed by atoms with Crippen LogP contribution in [0.4, 0.5) is 0 Å². The van der Waals surface area contributed by atoms with E-state index in [0.29, 0.717) is 11.3 Å². The fourth-order valence-corrected chi connectivity index (χ4v) is 3.12. The molecule has 0 aromatic heterocycles. The van der Waals surface area contributed by atoms with Crippen LogP contribution < -0.4 is 5.32 Å². The van der Waals surface area contributed by atoms with Gasteiger partial charge in [-0.2, -0.15) is 0 Å². The smallest absolute Gasteiger partial charge is 0.249 e. The molecule has 0 radical (unpaired) electrons. The van der Waals surface area contributed by atoms with Crippen molar-refractivity contribution in [3.05, 3.63) is 0 Å². The molecule has 1 heterocycles. The summed E-state index contributed by atoms with van der Waals surface area (Å²) in [6.45, 7) is 1.49. The maximum Gasteiger partial charge on any atom is 0.249 e. The summed E-state index contributed by atoms with van der Waals surface area (Å²) in [6, 6.07) is 0. The summed E-state index contributed by atoms with van der Waals surface area (Å²) >= 11 is 6.14. The van der Waals surface area contributed by atoms with Gasteiger partial charge in [0.25, 0.3) is 0 Å². The highest BCUT2D eigenvalue weighted by Gasteiger charge is 2.24. The summed E-state index contributed by atoms with van der Waals surface area (Å²) in [5.41, 5.74) is 0. The lowest BCUT2D eigenvalue weighted by Crippen LogP contribution is -2.41. The summed E-state index contributed by atoms with van der Waals surface area (Å²) in [7, 11) is 0. The Hall–Kier alpha value is -0.280. The van der Waals surface area contributed by atoms with Gasteiger partial charge < -0.3 is 10.1 Å². The predicted molar refractivity (Wildman–Crippen MR) is 68.2 cm³/mol. The van der Waals surface area contributed by atoms with E-state index in [9.17, 15) is 4.79 Å². The normalized spacial score (nSPS) is 34.3. The molecule has 1 N–H and O–H groups in total. The van der Waals surface area contributed by atoms with Crippen LogP contribution in [0, 0.1) is 5.92 Å². The largest absolute Gasteiger partial charge is 0.368 e. The number of amides is 1. The average molecular weight is 260 g/mol. The molecule has 2 aliphatic rings. The number of hydrogen-bond donors (Lipinski definition) is 1. The number of carbonyl (C=O) groups excluding carboxylic acids is 1. The van der Waals surface area contributed by atoms with E-state index in [4.69, 9.17) is 16.3 Å². The first kappa shape index (κ1) is 13.2. The molecule has 0 aromatic rings. The Labute approximate surface area is 108 Å². The molecular formula is C13H22ClNO2. The lowest BCUT2D eigenvalue weighted by Gasteiger charge is -2.27. The van der Waals surface area contributed by atoms with E-state index >= 15 is 0 Å². The predicted octanol–water partition coefficient (Wildman–Crippen LogP) is 2.47. The Kier molecular flexibility index (Phi) is 5.11. The summed E-state index contributed by atoms with van der Waals surface area (Å²) in [5, 5.41) is 3.32. The van der Waals surface area contributed by atoms with Crippen LogP contribution in [0.1, 0.15) is 44.9 Å². The van der Waals surface area contributed by atoms with Crippen molar-refractivity contribution in [2.75, 3.05) is 13.2 Å². The fourth-order valence-electron chi connectivity index (χ4n) is 2.72. The van der Waals surface area contributed by atoms with Gasteiger partial charge in [0.2, 0.25) is 5.91 Å². The van der Waals surface area contributed by atoms with E-state index in [2.05, 4.69) is 5.32 Å². The second-order valence-electron chi connectivity index (χ2n) is 5.23. The Morgan fingerprint density at radius 1 is 1.24 bits per heavy atom. The topological polar surface area (TPSA) is 38.3 Å². The molecule has 1 aliphatic heterocycles. The maximum absolute atomic E-state index is 11.9. The summed E-state index contributed by atoms with van der Waals surface area (Å²) in [4.78, 5) is 11.9. The van der Waals surface area contributed by atoms with Crippen molar-refractivity contribution in [1.29, 1.82) is 0 Å². The van der Waals surface area contributed by atoms with Gasteiger partial charge in [0.1, 0.15) is 6.10 Å². The quantitative estimate of drug-likeness (QED) is 0.791. The van der Waals surface area contributed by atoms with Crippen LogP contribution in [0.3, 0.4) is 0 Å². The van der Waals surface area contributed by atoms with Crippen molar-refractivity contribution in [2.24, 2.45) is 5.92 Å². The number of carbonyl (C=O) groups is 1. The van der Waals surface area contributed by atoms with Gasteiger partial charge in [-0.1, -0.05) is 6.42 Å². The molecule has 0 bridgehead atoms. The first-order valence-corrected chi connectivity index (χ1v) is 7.22. The molecule has 3 unspecified atom stereocenters. The van der Waals surface area contributed by atoms with Crippen LogP contribution in [-0.4, -0.2) is 30.5 Å². The van der Waals surface area contributed by atoms with Gasteiger partial charge in [0.05, 0.1) is 0 Å². The first-order valence-electron chi connectivity index (χ1n) is 6.79. The second kappa shape index (κ2) is 6.60. The third kappa shape index (κ3) is 4.14. The highest BCUT2D eigenvalue weighted by molar-refractivity contribution is 6.20. The van der Waals surface area contributed by atoms with Crippen LogP contribution in [0.15, 0.2) is 0 Å². The third-order valence-electron chi connectivity index (χ3n) is 3.76. The number of rotatable bonds is 3. The monoisotopic (exact) mass is 259 g/mol. The molecule has 0 aromatic carbocycles. The molecule has 1 saturated carbocycles. The van der Waals surface area contributed by atoms with Gasteiger partial charge in [-0.05, 0) is 44.4 Å². The van der Waals surface area contributed by atoms with Gasteiger partial charge in [-0.25, -0.2) is 0 Å².